The van der Waals surface area contributed by atoms with Crippen LogP contribution in [-0.2, 0) is 0 Å². The lowest BCUT2D eigenvalue weighted by Crippen LogP contribution is -1.99. The molecule has 0 saturated heterocycles. The predicted molar refractivity (Wildman–Crippen MR) is 66.5 cm³/mol. The lowest BCUT2D eigenvalue weighted by molar-refractivity contribution is 0.967. The van der Waals surface area contributed by atoms with Crippen molar-refractivity contribution in [3.8, 4) is 0 Å². The van der Waals surface area contributed by atoms with Crippen LogP contribution in [0.5, 0.6) is 0 Å². The van der Waals surface area contributed by atoms with E-state index in [2.05, 4.69) is 27.2 Å². The van der Waals surface area contributed by atoms with Gasteiger partial charge >= 0.3 is 0 Å². The molecule has 0 aliphatic rings. The van der Waals surface area contributed by atoms with E-state index in [1.807, 2.05) is 20.9 Å². The van der Waals surface area contributed by atoms with Crippen molar-refractivity contribution >= 4 is 29.5 Å². The van der Waals surface area contributed by atoms with E-state index < -0.39 is 0 Å². The van der Waals surface area contributed by atoms with Crippen molar-refractivity contribution in [1.29, 1.82) is 0 Å². The molecule has 82 valence electrons. The summed E-state index contributed by atoms with van der Waals surface area (Å²) in [7, 11) is 1.84. The monoisotopic (exact) mass is 224 g/mol. The summed E-state index contributed by atoms with van der Waals surface area (Å²) in [6.45, 7) is 5.88. The van der Waals surface area contributed by atoms with Gasteiger partial charge in [-0.1, -0.05) is 6.92 Å². The molecular formula is C10H16N4S. The lowest BCUT2D eigenvalue weighted by atomic mass is 10.4. The van der Waals surface area contributed by atoms with Gasteiger partial charge in [0.1, 0.15) is 16.5 Å². The number of hydrogen-bond acceptors (Lipinski definition) is 5. The van der Waals surface area contributed by atoms with E-state index in [0.29, 0.717) is 0 Å². The molecule has 0 amide bonds. The van der Waals surface area contributed by atoms with E-state index in [-0.39, 0.29) is 0 Å². The molecule has 5 heteroatoms. The normalized spacial score (nSPS) is 10.9. The Morgan fingerprint density at radius 2 is 2.20 bits per heavy atom. The number of hydrogen-bond donors (Lipinski definition) is 1. The van der Waals surface area contributed by atoms with Crippen molar-refractivity contribution in [1.82, 2.24) is 9.97 Å². The minimum Gasteiger partial charge on any atom is -0.371 e. The highest BCUT2D eigenvalue weighted by molar-refractivity contribution is 7.99. The van der Waals surface area contributed by atoms with Crippen molar-refractivity contribution < 1.29 is 0 Å². The average Bonchev–Trinajstić information content (AvgIpc) is 2.22. The molecule has 1 N–H and O–H groups in total. The maximum Gasteiger partial charge on any atom is 0.156 e. The van der Waals surface area contributed by atoms with Crippen molar-refractivity contribution in [2.45, 2.75) is 25.8 Å². The fraction of sp³-hybridized carbons (Fsp3) is 0.500. The number of nitrogens with one attached hydrogen (secondary N) is 1. The first-order valence-corrected chi connectivity index (χ1v) is 5.89. The van der Waals surface area contributed by atoms with E-state index in [1.54, 1.807) is 18.0 Å². The third-order valence-electron chi connectivity index (χ3n) is 1.74. The van der Waals surface area contributed by atoms with Gasteiger partial charge in [-0.2, -0.15) is 0 Å². The van der Waals surface area contributed by atoms with Crippen LogP contribution < -0.4 is 5.32 Å². The predicted octanol–water partition coefficient (Wildman–Crippen LogP) is 2.66. The third kappa shape index (κ3) is 2.92. The number of anilines is 1. The quantitative estimate of drug-likeness (QED) is 0.485. The molecule has 0 bridgehead atoms. The minimum absolute atomic E-state index is 0.769. The summed E-state index contributed by atoms with van der Waals surface area (Å²) < 4.78 is 0. The molecular weight excluding hydrogens is 208 g/mol. The summed E-state index contributed by atoms with van der Waals surface area (Å²) in [5.74, 6) is 2.54. The van der Waals surface area contributed by atoms with Crippen LogP contribution in [0.2, 0.25) is 0 Å². The Morgan fingerprint density at radius 3 is 2.73 bits per heavy atom. The summed E-state index contributed by atoms with van der Waals surface area (Å²) in [5, 5.41) is 3.98. The molecule has 0 radical (unpaired) electrons. The number of aliphatic imine (C=N–C) groups is 1. The zero-order chi connectivity index (χ0) is 11.3. The lowest BCUT2D eigenvalue weighted by Gasteiger charge is -2.09. The minimum atomic E-state index is 0.769. The van der Waals surface area contributed by atoms with Gasteiger partial charge in [-0.3, -0.25) is 4.99 Å². The van der Waals surface area contributed by atoms with E-state index in [0.717, 1.165) is 28.1 Å². The van der Waals surface area contributed by atoms with E-state index >= 15 is 0 Å². The Hall–Kier alpha value is -1.10. The molecule has 15 heavy (non-hydrogen) atoms. The Morgan fingerprint density at radius 1 is 1.47 bits per heavy atom. The number of aromatic nitrogens is 2. The van der Waals surface area contributed by atoms with Crippen LogP contribution in [0.15, 0.2) is 10.0 Å². The van der Waals surface area contributed by atoms with Gasteiger partial charge in [-0.05, 0) is 19.6 Å². The Bertz CT molecular complexity index is 363. The molecule has 1 aromatic heterocycles. The first-order chi connectivity index (χ1) is 7.22. The van der Waals surface area contributed by atoms with Gasteiger partial charge in [0.25, 0.3) is 0 Å². The van der Waals surface area contributed by atoms with Crippen LogP contribution in [0.25, 0.3) is 0 Å². The zero-order valence-corrected chi connectivity index (χ0v) is 10.4. The van der Waals surface area contributed by atoms with Crippen LogP contribution >= 0.6 is 11.8 Å². The molecule has 0 fully saturated rings. The van der Waals surface area contributed by atoms with Crippen molar-refractivity contribution in [2.24, 2.45) is 4.99 Å². The second-order valence-electron chi connectivity index (χ2n) is 2.84. The van der Waals surface area contributed by atoms with E-state index in [1.165, 1.54) is 0 Å². The van der Waals surface area contributed by atoms with Crippen molar-refractivity contribution in [2.75, 3.05) is 18.1 Å². The van der Waals surface area contributed by atoms with Crippen LogP contribution in [0.3, 0.4) is 0 Å². The van der Waals surface area contributed by atoms with Crippen LogP contribution in [-0.4, -0.2) is 29.0 Å². The largest absolute Gasteiger partial charge is 0.371 e. The molecule has 0 saturated carbocycles. The Labute approximate surface area is 94.6 Å². The number of rotatable bonds is 4. The summed E-state index contributed by atoms with van der Waals surface area (Å²) >= 11 is 1.68. The highest BCUT2D eigenvalue weighted by Crippen LogP contribution is 2.32. The topological polar surface area (TPSA) is 50.2 Å². The molecule has 0 unspecified atom stereocenters. The van der Waals surface area contributed by atoms with Gasteiger partial charge < -0.3 is 5.32 Å². The number of thioether (sulfide) groups is 1. The van der Waals surface area contributed by atoms with Gasteiger partial charge in [0.05, 0.1) is 0 Å². The maximum atomic E-state index is 4.39. The molecule has 0 spiro atoms. The van der Waals surface area contributed by atoms with Gasteiger partial charge in [0, 0.05) is 13.3 Å². The SMILES string of the molecule is CC=Nc1c(NC)nc(C)nc1SCC. The van der Waals surface area contributed by atoms with Gasteiger partial charge in [-0.15, -0.1) is 11.8 Å². The highest BCUT2D eigenvalue weighted by atomic mass is 32.2. The van der Waals surface area contributed by atoms with E-state index in [9.17, 15) is 0 Å². The Balaban J connectivity index is 3.26. The van der Waals surface area contributed by atoms with Crippen LogP contribution in [0.1, 0.15) is 19.7 Å². The molecule has 0 aliphatic heterocycles. The van der Waals surface area contributed by atoms with Gasteiger partial charge in [-0.25, -0.2) is 9.97 Å². The second kappa shape index (κ2) is 5.70. The smallest absolute Gasteiger partial charge is 0.156 e. The third-order valence-corrected chi connectivity index (χ3v) is 2.59. The molecule has 1 heterocycles. The summed E-state index contributed by atoms with van der Waals surface area (Å²) in [4.78, 5) is 13.0. The molecule has 0 aromatic carbocycles. The Kier molecular flexibility index (Phi) is 4.55. The molecule has 1 aromatic rings. The number of aryl methyl sites for hydroxylation is 1. The fourth-order valence-electron chi connectivity index (χ4n) is 1.20. The standard InChI is InChI=1S/C10H16N4S/c1-5-12-8-9(11-4)13-7(3)14-10(8)15-6-2/h5H,6H2,1-4H3,(H,11,13,14). The molecule has 4 nitrogen and oxygen atoms in total. The first kappa shape index (κ1) is 12.0. The van der Waals surface area contributed by atoms with Gasteiger partial charge in [0.15, 0.2) is 5.82 Å². The fourth-order valence-corrected chi connectivity index (χ4v) is 1.95. The number of nitrogens with zero attached hydrogens (tertiary/aromatic N) is 3. The van der Waals surface area contributed by atoms with Crippen molar-refractivity contribution in [3.05, 3.63) is 5.82 Å². The summed E-state index contributed by atoms with van der Waals surface area (Å²) in [6, 6.07) is 0. The average molecular weight is 224 g/mol. The van der Waals surface area contributed by atoms with Crippen LogP contribution in [0.4, 0.5) is 11.5 Å². The molecule has 0 atom stereocenters. The van der Waals surface area contributed by atoms with Crippen LogP contribution in [0, 0.1) is 6.92 Å². The molecule has 0 aliphatic carbocycles. The highest BCUT2D eigenvalue weighted by Gasteiger charge is 2.10. The summed E-state index contributed by atoms with van der Waals surface area (Å²) in [5.41, 5.74) is 0.831. The van der Waals surface area contributed by atoms with Gasteiger partial charge in [0.2, 0.25) is 0 Å². The zero-order valence-electron chi connectivity index (χ0n) is 9.53. The first-order valence-electron chi connectivity index (χ1n) is 4.90. The van der Waals surface area contributed by atoms with Crippen molar-refractivity contribution in [3.63, 3.8) is 0 Å². The maximum absolute atomic E-state index is 4.39. The van der Waals surface area contributed by atoms with E-state index in [4.69, 9.17) is 0 Å². The summed E-state index contributed by atoms with van der Waals surface area (Å²) in [6.07, 6.45) is 1.76. The second-order valence-corrected chi connectivity index (χ2v) is 4.10. The molecule has 1 rings (SSSR count).